The van der Waals surface area contributed by atoms with Crippen molar-refractivity contribution in [3.8, 4) is 28.0 Å². The van der Waals surface area contributed by atoms with E-state index in [1.807, 2.05) is 38.2 Å². The van der Waals surface area contributed by atoms with Crippen LogP contribution in [0.1, 0.15) is 22.5 Å². The number of pyridine rings is 2. The number of rotatable bonds is 2. The van der Waals surface area contributed by atoms with Gasteiger partial charge in [-0.3, -0.25) is 9.97 Å². The van der Waals surface area contributed by atoms with Gasteiger partial charge in [-0.15, -0.1) is 0 Å². The lowest BCUT2D eigenvalue weighted by Crippen LogP contribution is -2.06. The van der Waals surface area contributed by atoms with Crippen LogP contribution in [-0.2, 0) is 13.2 Å². The van der Waals surface area contributed by atoms with Gasteiger partial charge in [-0.2, -0.15) is 0 Å². The molecule has 7 heteroatoms. The smallest absolute Gasteiger partial charge is 0.132 e. The van der Waals surface area contributed by atoms with Gasteiger partial charge in [-0.25, -0.2) is 4.39 Å². The maximum Gasteiger partial charge on any atom is 0.132 e. The summed E-state index contributed by atoms with van der Waals surface area (Å²) in [6.07, 6.45) is 3.43. The van der Waals surface area contributed by atoms with Gasteiger partial charge in [0.1, 0.15) is 18.2 Å². The molecule has 4 nitrogen and oxygen atoms in total. The van der Waals surface area contributed by atoms with Gasteiger partial charge in [-0.05, 0) is 73.5 Å². The minimum Gasteiger partial charge on any atom is -0.488 e. The highest BCUT2D eigenvalue weighted by molar-refractivity contribution is 6.31. The predicted molar refractivity (Wildman–Crippen MR) is 129 cm³/mol. The summed E-state index contributed by atoms with van der Waals surface area (Å²) in [6, 6.07) is 14.1. The molecule has 0 radical (unpaired) electrons. The number of ether oxygens (including phenoxy) is 1. The molecule has 5 rings (SSSR count). The number of aliphatic hydroxyl groups is 1. The molecule has 1 N–H and O–H groups in total. The Hall–Kier alpha value is -2.99. The van der Waals surface area contributed by atoms with Crippen LogP contribution in [0, 0.1) is 19.7 Å². The van der Waals surface area contributed by atoms with Crippen molar-refractivity contribution < 1.29 is 14.2 Å². The van der Waals surface area contributed by atoms with Crippen LogP contribution in [-0.4, -0.2) is 15.1 Å². The Bertz CT molecular complexity index is 1330. The summed E-state index contributed by atoms with van der Waals surface area (Å²) in [4.78, 5) is 8.35. The van der Waals surface area contributed by atoms with E-state index in [0.29, 0.717) is 33.3 Å². The quantitative estimate of drug-likeness (QED) is 0.336. The molecular weight excluding hydrogens is 462 g/mol. The van der Waals surface area contributed by atoms with Crippen LogP contribution in [0.15, 0.2) is 60.9 Å². The maximum absolute atomic E-state index is 13.8. The van der Waals surface area contributed by atoms with Crippen molar-refractivity contribution in [2.45, 2.75) is 27.1 Å². The van der Waals surface area contributed by atoms with Crippen molar-refractivity contribution in [3.63, 3.8) is 0 Å². The van der Waals surface area contributed by atoms with Crippen LogP contribution in [0.2, 0.25) is 10.0 Å². The number of fused-ring (bicyclic) bond motifs is 3. The summed E-state index contributed by atoms with van der Waals surface area (Å²) in [5.41, 5.74) is 6.87. The fraction of sp³-hybridized carbons (Fsp3) is 0.154. The molecule has 33 heavy (non-hydrogen) atoms. The van der Waals surface area contributed by atoms with Crippen LogP contribution >= 0.6 is 23.2 Å². The van der Waals surface area contributed by atoms with Gasteiger partial charge in [0.15, 0.2) is 0 Å². The molecule has 2 aromatic carbocycles. The van der Waals surface area contributed by atoms with Crippen LogP contribution in [0.3, 0.4) is 0 Å². The van der Waals surface area contributed by atoms with Crippen molar-refractivity contribution in [1.29, 1.82) is 0 Å². The third-order valence-electron chi connectivity index (χ3n) is 5.26. The van der Waals surface area contributed by atoms with Crippen LogP contribution in [0.4, 0.5) is 4.39 Å². The Balaban J connectivity index is 0.000000157. The molecule has 0 fully saturated rings. The Morgan fingerprint density at radius 2 is 1.48 bits per heavy atom. The maximum atomic E-state index is 13.8. The monoisotopic (exact) mass is 482 g/mol. The van der Waals surface area contributed by atoms with Gasteiger partial charge in [0.2, 0.25) is 0 Å². The van der Waals surface area contributed by atoms with Gasteiger partial charge < -0.3 is 9.84 Å². The molecule has 1 aliphatic heterocycles. The standard InChI is InChI=1S/C13H11ClFNO.C13H10ClNO/c1-8-4-12(9(7-17)6-16-8)11-3-2-10(14)5-13(11)15;1-8-4-12-9(6-15-8)7-16-13-5-10(14)2-3-11(12)13/h2-6,17H,7H2,1H3;2-6H,7H2,1H3. The molecule has 0 saturated heterocycles. The van der Waals surface area contributed by atoms with E-state index >= 15 is 0 Å². The van der Waals surface area contributed by atoms with E-state index < -0.39 is 5.82 Å². The molecule has 2 aromatic heterocycles. The first kappa shape index (κ1) is 23.2. The summed E-state index contributed by atoms with van der Waals surface area (Å²) in [7, 11) is 0. The zero-order valence-corrected chi connectivity index (χ0v) is 19.6. The van der Waals surface area contributed by atoms with E-state index in [4.69, 9.17) is 27.9 Å². The highest BCUT2D eigenvalue weighted by Crippen LogP contribution is 2.38. The molecule has 3 heterocycles. The minimum absolute atomic E-state index is 0.176. The molecule has 0 amide bonds. The van der Waals surface area contributed by atoms with Crippen LogP contribution in [0.25, 0.3) is 22.3 Å². The Labute approximate surface area is 201 Å². The third-order valence-corrected chi connectivity index (χ3v) is 5.73. The number of benzene rings is 2. The topological polar surface area (TPSA) is 55.2 Å². The van der Waals surface area contributed by atoms with Gasteiger partial charge in [0, 0.05) is 56.1 Å². The average Bonchev–Trinajstić information content (AvgIpc) is 2.79. The number of aryl methyl sites for hydroxylation is 2. The fourth-order valence-corrected chi connectivity index (χ4v) is 3.94. The zero-order valence-electron chi connectivity index (χ0n) is 18.1. The van der Waals surface area contributed by atoms with Crippen molar-refractivity contribution in [1.82, 2.24) is 9.97 Å². The number of aliphatic hydroxyl groups excluding tert-OH is 1. The van der Waals surface area contributed by atoms with E-state index in [1.165, 1.54) is 11.6 Å². The number of nitrogens with zero attached hydrogens (tertiary/aromatic N) is 2. The van der Waals surface area contributed by atoms with Gasteiger partial charge in [-0.1, -0.05) is 23.2 Å². The molecule has 0 aliphatic carbocycles. The van der Waals surface area contributed by atoms with Crippen molar-refractivity contribution in [2.24, 2.45) is 0 Å². The van der Waals surface area contributed by atoms with Gasteiger partial charge in [0.25, 0.3) is 0 Å². The summed E-state index contributed by atoms with van der Waals surface area (Å²) < 4.78 is 19.4. The second-order valence-electron chi connectivity index (χ2n) is 7.68. The Kier molecular flexibility index (Phi) is 6.94. The van der Waals surface area contributed by atoms with Crippen LogP contribution in [0.5, 0.6) is 5.75 Å². The second kappa shape index (κ2) is 9.87. The molecule has 0 spiro atoms. The zero-order chi connectivity index (χ0) is 23.5. The Morgan fingerprint density at radius 1 is 0.848 bits per heavy atom. The van der Waals surface area contributed by atoms with Gasteiger partial charge in [0.05, 0.1) is 6.61 Å². The lowest BCUT2D eigenvalue weighted by Gasteiger charge is -2.20. The van der Waals surface area contributed by atoms with E-state index in [-0.39, 0.29) is 6.61 Å². The van der Waals surface area contributed by atoms with Crippen LogP contribution < -0.4 is 4.74 Å². The summed E-state index contributed by atoms with van der Waals surface area (Å²) in [5.74, 6) is 0.448. The number of hydrogen-bond donors (Lipinski definition) is 1. The first-order valence-corrected chi connectivity index (χ1v) is 11.0. The Morgan fingerprint density at radius 3 is 2.18 bits per heavy atom. The minimum atomic E-state index is -0.405. The first-order valence-electron chi connectivity index (χ1n) is 10.3. The van der Waals surface area contributed by atoms with E-state index in [0.717, 1.165) is 28.3 Å². The van der Waals surface area contributed by atoms with Crippen molar-refractivity contribution in [3.05, 3.63) is 99.3 Å². The molecule has 4 aromatic rings. The predicted octanol–water partition coefficient (Wildman–Crippen LogP) is 6.94. The number of halogens is 3. The third kappa shape index (κ3) is 5.17. The van der Waals surface area contributed by atoms with Crippen molar-refractivity contribution in [2.75, 3.05) is 0 Å². The highest BCUT2D eigenvalue weighted by atomic mass is 35.5. The second-order valence-corrected chi connectivity index (χ2v) is 8.55. The molecule has 0 saturated carbocycles. The normalized spacial score (nSPS) is 11.6. The SMILES string of the molecule is Cc1cc(-c2ccc(Cl)cc2F)c(CO)cn1.Cc1cc2c(cn1)COc1cc(Cl)ccc1-2. The van der Waals surface area contributed by atoms with E-state index in [1.54, 1.807) is 24.4 Å². The lowest BCUT2D eigenvalue weighted by molar-refractivity contribution is 0.282. The van der Waals surface area contributed by atoms with Gasteiger partial charge >= 0.3 is 0 Å². The number of hydrogen-bond acceptors (Lipinski definition) is 4. The van der Waals surface area contributed by atoms with E-state index in [2.05, 4.69) is 16.0 Å². The van der Waals surface area contributed by atoms with E-state index in [9.17, 15) is 9.50 Å². The highest BCUT2D eigenvalue weighted by Gasteiger charge is 2.17. The summed E-state index contributed by atoms with van der Waals surface area (Å²) >= 11 is 11.7. The molecule has 0 unspecified atom stereocenters. The summed E-state index contributed by atoms with van der Waals surface area (Å²) in [6.45, 7) is 4.20. The molecule has 0 bridgehead atoms. The fourth-order valence-electron chi connectivity index (χ4n) is 3.62. The lowest BCUT2D eigenvalue weighted by atomic mass is 9.98. The first-order chi connectivity index (χ1) is 15.9. The largest absolute Gasteiger partial charge is 0.488 e. The summed E-state index contributed by atoms with van der Waals surface area (Å²) in [5, 5.41) is 10.3. The average molecular weight is 483 g/mol. The molecule has 1 aliphatic rings. The molecule has 0 atom stereocenters. The molecular formula is C26H21Cl2FN2O2. The number of aromatic nitrogens is 2. The van der Waals surface area contributed by atoms with Crippen molar-refractivity contribution >= 4 is 23.2 Å². The molecule has 168 valence electrons.